The zero-order valence-corrected chi connectivity index (χ0v) is 17.9. The van der Waals surface area contributed by atoms with E-state index in [1.165, 1.54) is 30.3 Å². The summed E-state index contributed by atoms with van der Waals surface area (Å²) in [7, 11) is 0. The number of rotatable bonds is 8. The second kappa shape index (κ2) is 10.5. The Balaban J connectivity index is 1.88. The summed E-state index contributed by atoms with van der Waals surface area (Å²) in [4.78, 5) is 11.0. The maximum atomic E-state index is 13.5. The SMILES string of the molecule is CCOc1cc(/C=C(\C#N)c2cccc(F)c2)cc(Cl)c1OCc1ccc(C(=O)O)cc1. The topological polar surface area (TPSA) is 79.5 Å². The van der Waals surface area contributed by atoms with Crippen LogP contribution in [-0.2, 0) is 6.61 Å². The maximum Gasteiger partial charge on any atom is 0.335 e. The summed E-state index contributed by atoms with van der Waals surface area (Å²) in [6, 6.07) is 17.5. The van der Waals surface area contributed by atoms with Crippen LogP contribution in [0.2, 0.25) is 5.02 Å². The maximum absolute atomic E-state index is 13.5. The van der Waals surface area contributed by atoms with E-state index in [4.69, 9.17) is 26.2 Å². The van der Waals surface area contributed by atoms with Gasteiger partial charge in [0, 0.05) is 0 Å². The molecule has 0 aliphatic heterocycles. The number of ether oxygens (including phenoxy) is 2. The number of nitriles is 1. The molecule has 3 aromatic carbocycles. The number of hydrogen-bond donors (Lipinski definition) is 1. The average molecular weight is 452 g/mol. The molecule has 0 unspecified atom stereocenters. The Hall–Kier alpha value is -3.82. The minimum absolute atomic E-state index is 0.154. The van der Waals surface area contributed by atoms with E-state index < -0.39 is 11.8 Å². The molecule has 0 spiro atoms. The van der Waals surface area contributed by atoms with Crippen LogP contribution in [0.25, 0.3) is 11.6 Å². The number of allylic oxidation sites excluding steroid dienone is 1. The van der Waals surface area contributed by atoms with E-state index in [-0.39, 0.29) is 22.8 Å². The molecule has 0 aromatic heterocycles. The van der Waals surface area contributed by atoms with E-state index in [1.54, 1.807) is 36.4 Å². The number of hydrogen-bond acceptors (Lipinski definition) is 4. The predicted molar refractivity (Wildman–Crippen MR) is 120 cm³/mol. The van der Waals surface area contributed by atoms with Crippen LogP contribution in [0.15, 0.2) is 60.7 Å². The minimum atomic E-state index is -1.00. The summed E-state index contributed by atoms with van der Waals surface area (Å²) in [5, 5.41) is 18.8. The molecule has 0 saturated carbocycles. The summed E-state index contributed by atoms with van der Waals surface area (Å²) < 4.78 is 25.1. The average Bonchev–Trinajstić information content (AvgIpc) is 2.77. The molecule has 0 fully saturated rings. The molecule has 162 valence electrons. The van der Waals surface area contributed by atoms with Crippen molar-refractivity contribution in [3.05, 3.63) is 93.8 Å². The number of carbonyl (C=O) groups is 1. The van der Waals surface area contributed by atoms with Gasteiger partial charge in [-0.05, 0) is 66.1 Å². The third-order valence-electron chi connectivity index (χ3n) is 4.48. The molecule has 5 nitrogen and oxygen atoms in total. The van der Waals surface area contributed by atoms with Crippen molar-refractivity contribution >= 4 is 29.2 Å². The standard InChI is InChI=1S/C25H19ClFNO4/c1-2-31-23-12-17(10-20(14-28)19-4-3-5-21(27)13-19)11-22(26)24(23)32-15-16-6-8-18(9-7-16)25(29)30/h3-13H,2,15H2,1H3,(H,29,30)/b20-10+. The van der Waals surface area contributed by atoms with Crippen molar-refractivity contribution < 1.29 is 23.8 Å². The van der Waals surface area contributed by atoms with Crippen molar-refractivity contribution in [1.82, 2.24) is 0 Å². The van der Waals surface area contributed by atoms with Gasteiger partial charge in [0.15, 0.2) is 11.5 Å². The molecule has 0 atom stereocenters. The lowest BCUT2D eigenvalue weighted by atomic mass is 10.0. The highest BCUT2D eigenvalue weighted by Gasteiger charge is 2.14. The van der Waals surface area contributed by atoms with E-state index in [0.717, 1.165) is 5.56 Å². The zero-order valence-electron chi connectivity index (χ0n) is 17.1. The molecule has 0 bridgehead atoms. The van der Waals surface area contributed by atoms with Gasteiger partial charge >= 0.3 is 5.97 Å². The van der Waals surface area contributed by atoms with Crippen LogP contribution in [0.4, 0.5) is 4.39 Å². The second-order valence-corrected chi connectivity index (χ2v) is 7.14. The van der Waals surface area contributed by atoms with Gasteiger partial charge in [-0.25, -0.2) is 9.18 Å². The number of carboxylic acid groups (broad SMARTS) is 1. The van der Waals surface area contributed by atoms with Gasteiger partial charge in [-0.2, -0.15) is 5.26 Å². The van der Waals surface area contributed by atoms with E-state index in [2.05, 4.69) is 6.07 Å². The molecule has 0 heterocycles. The van der Waals surface area contributed by atoms with Crippen molar-refractivity contribution in [1.29, 1.82) is 5.26 Å². The Kier molecular flexibility index (Phi) is 7.48. The molecule has 1 N–H and O–H groups in total. The Morgan fingerprint density at radius 2 is 1.88 bits per heavy atom. The molecular formula is C25H19ClFNO4. The summed E-state index contributed by atoms with van der Waals surface area (Å²) in [5.74, 6) is -0.711. The normalized spacial score (nSPS) is 11.0. The zero-order chi connectivity index (χ0) is 23.1. The van der Waals surface area contributed by atoms with Crippen molar-refractivity contribution in [3.63, 3.8) is 0 Å². The van der Waals surface area contributed by atoms with Crippen molar-refractivity contribution in [2.75, 3.05) is 6.61 Å². The summed E-state index contributed by atoms with van der Waals surface area (Å²) in [6.07, 6.45) is 1.59. The molecule has 0 radical (unpaired) electrons. The van der Waals surface area contributed by atoms with Crippen molar-refractivity contribution in [2.24, 2.45) is 0 Å². The highest BCUT2D eigenvalue weighted by Crippen LogP contribution is 2.38. The first-order valence-corrected chi connectivity index (χ1v) is 10.1. The van der Waals surface area contributed by atoms with E-state index >= 15 is 0 Å². The van der Waals surface area contributed by atoms with Crippen LogP contribution >= 0.6 is 11.6 Å². The predicted octanol–water partition coefficient (Wildman–Crippen LogP) is 6.22. The highest BCUT2D eigenvalue weighted by atomic mass is 35.5. The first-order valence-electron chi connectivity index (χ1n) is 9.70. The third-order valence-corrected chi connectivity index (χ3v) is 4.76. The van der Waals surface area contributed by atoms with Gasteiger partial charge in [-0.1, -0.05) is 35.9 Å². The van der Waals surface area contributed by atoms with Crippen LogP contribution in [-0.4, -0.2) is 17.7 Å². The van der Waals surface area contributed by atoms with Crippen molar-refractivity contribution in [2.45, 2.75) is 13.5 Å². The molecule has 3 rings (SSSR count). The van der Waals surface area contributed by atoms with E-state index in [1.807, 2.05) is 6.92 Å². The molecule has 0 aliphatic rings. The fourth-order valence-corrected chi connectivity index (χ4v) is 3.25. The quantitative estimate of drug-likeness (QED) is 0.325. The lowest BCUT2D eigenvalue weighted by molar-refractivity contribution is 0.0697. The number of benzene rings is 3. The smallest absolute Gasteiger partial charge is 0.335 e. The Morgan fingerprint density at radius 1 is 1.12 bits per heavy atom. The van der Waals surface area contributed by atoms with Gasteiger partial charge in [-0.3, -0.25) is 0 Å². The lowest BCUT2D eigenvalue weighted by Crippen LogP contribution is -2.02. The molecule has 7 heteroatoms. The largest absolute Gasteiger partial charge is 0.490 e. The Bertz CT molecular complexity index is 1200. The molecule has 0 saturated heterocycles. The number of aromatic carboxylic acids is 1. The number of carboxylic acids is 1. The summed E-state index contributed by atoms with van der Waals surface area (Å²) in [6.45, 7) is 2.34. The van der Waals surface area contributed by atoms with Crippen LogP contribution in [0.1, 0.15) is 34.0 Å². The molecule has 3 aromatic rings. The fourth-order valence-electron chi connectivity index (χ4n) is 2.98. The molecule has 32 heavy (non-hydrogen) atoms. The van der Waals surface area contributed by atoms with Crippen LogP contribution in [0, 0.1) is 17.1 Å². The Labute approximate surface area is 189 Å². The van der Waals surface area contributed by atoms with Crippen molar-refractivity contribution in [3.8, 4) is 17.6 Å². The van der Waals surface area contributed by atoms with Gasteiger partial charge in [-0.15, -0.1) is 0 Å². The Morgan fingerprint density at radius 3 is 2.50 bits per heavy atom. The van der Waals surface area contributed by atoms with E-state index in [9.17, 15) is 14.4 Å². The lowest BCUT2D eigenvalue weighted by Gasteiger charge is -2.15. The number of nitrogens with zero attached hydrogens (tertiary/aromatic N) is 1. The second-order valence-electron chi connectivity index (χ2n) is 6.73. The van der Waals surface area contributed by atoms with Gasteiger partial charge in [0.1, 0.15) is 12.4 Å². The highest BCUT2D eigenvalue weighted by molar-refractivity contribution is 6.32. The van der Waals surface area contributed by atoms with Gasteiger partial charge in [0.25, 0.3) is 0 Å². The van der Waals surface area contributed by atoms with Crippen LogP contribution in [0.3, 0.4) is 0 Å². The first-order chi connectivity index (χ1) is 15.4. The van der Waals surface area contributed by atoms with Gasteiger partial charge < -0.3 is 14.6 Å². The van der Waals surface area contributed by atoms with Crippen LogP contribution in [0.5, 0.6) is 11.5 Å². The van der Waals surface area contributed by atoms with Crippen LogP contribution < -0.4 is 9.47 Å². The number of halogens is 2. The first kappa shape index (κ1) is 22.9. The van der Waals surface area contributed by atoms with Gasteiger partial charge in [0.2, 0.25) is 0 Å². The monoisotopic (exact) mass is 451 g/mol. The molecule has 0 amide bonds. The third kappa shape index (κ3) is 5.65. The molecule has 0 aliphatic carbocycles. The van der Waals surface area contributed by atoms with E-state index in [0.29, 0.717) is 29.2 Å². The minimum Gasteiger partial charge on any atom is -0.490 e. The summed E-state index contributed by atoms with van der Waals surface area (Å²) >= 11 is 6.45. The molecular weight excluding hydrogens is 433 g/mol. The summed E-state index contributed by atoms with van der Waals surface area (Å²) in [5.41, 5.74) is 2.26. The fraction of sp³-hybridized carbons (Fsp3) is 0.120. The van der Waals surface area contributed by atoms with Gasteiger partial charge in [0.05, 0.1) is 28.8 Å².